The first-order chi connectivity index (χ1) is 8.56. The van der Waals surface area contributed by atoms with Crippen LogP contribution in [-0.4, -0.2) is 47.7 Å². The van der Waals surface area contributed by atoms with Gasteiger partial charge < -0.3 is 20.5 Å². The van der Waals surface area contributed by atoms with E-state index in [2.05, 4.69) is 10.6 Å². The smallest absolute Gasteiger partial charge is 0.332 e. The molecule has 0 aromatic heterocycles. The lowest BCUT2D eigenvalue weighted by Gasteiger charge is -2.14. The van der Waals surface area contributed by atoms with E-state index in [-0.39, 0.29) is 17.9 Å². The Morgan fingerprint density at radius 2 is 2.06 bits per heavy atom. The van der Waals surface area contributed by atoms with Gasteiger partial charge in [-0.25, -0.2) is 4.79 Å². The van der Waals surface area contributed by atoms with Crippen LogP contribution in [0.25, 0.3) is 0 Å². The predicted molar refractivity (Wildman–Crippen MR) is 59.7 cm³/mol. The maximum Gasteiger partial charge on any atom is 0.332 e. The summed E-state index contributed by atoms with van der Waals surface area (Å²) in [4.78, 5) is 33.3. The Morgan fingerprint density at radius 3 is 2.61 bits per heavy atom. The monoisotopic (exact) mass is 256 g/mol. The van der Waals surface area contributed by atoms with E-state index in [1.54, 1.807) is 0 Å². The normalized spacial score (nSPS) is 31.1. The van der Waals surface area contributed by atoms with E-state index >= 15 is 0 Å². The fourth-order valence-corrected chi connectivity index (χ4v) is 2.18. The van der Waals surface area contributed by atoms with Crippen LogP contribution in [0.1, 0.15) is 25.7 Å². The van der Waals surface area contributed by atoms with Gasteiger partial charge in [-0.15, -0.1) is 0 Å². The Bertz CT molecular complexity index is 370. The fourth-order valence-electron chi connectivity index (χ4n) is 2.18. The highest BCUT2D eigenvalue weighted by molar-refractivity contribution is 5.83. The van der Waals surface area contributed by atoms with Crippen molar-refractivity contribution in [1.82, 2.24) is 10.6 Å². The molecule has 0 bridgehead atoms. The van der Waals surface area contributed by atoms with Gasteiger partial charge in [0.1, 0.15) is 6.10 Å². The first kappa shape index (κ1) is 12.8. The van der Waals surface area contributed by atoms with Crippen LogP contribution in [0.5, 0.6) is 0 Å². The van der Waals surface area contributed by atoms with Gasteiger partial charge in [-0.3, -0.25) is 9.59 Å². The molecule has 0 aliphatic carbocycles. The molecule has 18 heavy (non-hydrogen) atoms. The number of aliphatic carboxylic acids is 1. The summed E-state index contributed by atoms with van der Waals surface area (Å²) in [6.07, 6.45) is 0.396. The molecule has 2 aliphatic heterocycles. The molecule has 7 heteroatoms. The Balaban J connectivity index is 1.72. The first-order valence-electron chi connectivity index (χ1n) is 6.01. The van der Waals surface area contributed by atoms with Gasteiger partial charge in [0.2, 0.25) is 11.8 Å². The SMILES string of the molecule is O=C1CCC(CNC(=O)C2CCC(C(=O)O)O2)N1. The minimum absolute atomic E-state index is 0.00249. The van der Waals surface area contributed by atoms with Crippen molar-refractivity contribution in [3.8, 4) is 0 Å². The molecule has 0 aromatic rings. The van der Waals surface area contributed by atoms with Gasteiger partial charge in [0, 0.05) is 19.0 Å². The number of nitrogens with one attached hydrogen (secondary N) is 2. The molecule has 0 spiro atoms. The average molecular weight is 256 g/mol. The summed E-state index contributed by atoms with van der Waals surface area (Å²) < 4.78 is 5.12. The van der Waals surface area contributed by atoms with E-state index < -0.39 is 18.2 Å². The summed E-state index contributed by atoms with van der Waals surface area (Å²) in [5, 5.41) is 14.2. The fraction of sp³-hybridized carbons (Fsp3) is 0.727. The summed E-state index contributed by atoms with van der Waals surface area (Å²) in [5.74, 6) is -1.34. The summed E-state index contributed by atoms with van der Waals surface area (Å²) >= 11 is 0. The van der Waals surface area contributed by atoms with Crippen LogP contribution in [0.4, 0.5) is 0 Å². The van der Waals surface area contributed by atoms with Crippen molar-refractivity contribution in [1.29, 1.82) is 0 Å². The number of ether oxygens (including phenoxy) is 1. The number of carboxylic acids is 1. The van der Waals surface area contributed by atoms with E-state index in [4.69, 9.17) is 9.84 Å². The highest BCUT2D eigenvalue weighted by Crippen LogP contribution is 2.20. The van der Waals surface area contributed by atoms with E-state index in [9.17, 15) is 14.4 Å². The molecule has 2 fully saturated rings. The highest BCUT2D eigenvalue weighted by Gasteiger charge is 2.35. The van der Waals surface area contributed by atoms with E-state index in [1.807, 2.05) is 0 Å². The summed E-state index contributed by atoms with van der Waals surface area (Å²) in [5.41, 5.74) is 0. The molecule has 2 aliphatic rings. The van der Waals surface area contributed by atoms with Crippen molar-refractivity contribution in [2.75, 3.05) is 6.54 Å². The van der Waals surface area contributed by atoms with Crippen molar-refractivity contribution in [3.63, 3.8) is 0 Å². The zero-order valence-corrected chi connectivity index (χ0v) is 9.85. The molecule has 3 atom stereocenters. The molecule has 0 aromatic carbocycles. The second-order valence-corrected chi connectivity index (χ2v) is 4.58. The molecular weight excluding hydrogens is 240 g/mol. The predicted octanol–water partition coefficient (Wildman–Crippen LogP) is -0.987. The largest absolute Gasteiger partial charge is 0.479 e. The Hall–Kier alpha value is -1.63. The lowest BCUT2D eigenvalue weighted by molar-refractivity contribution is -0.151. The number of hydrogen-bond donors (Lipinski definition) is 3. The second-order valence-electron chi connectivity index (χ2n) is 4.58. The van der Waals surface area contributed by atoms with E-state index in [0.717, 1.165) is 0 Å². The highest BCUT2D eigenvalue weighted by atomic mass is 16.5. The number of carbonyl (C=O) groups excluding carboxylic acids is 2. The molecule has 0 saturated carbocycles. The third-order valence-electron chi connectivity index (χ3n) is 3.20. The summed E-state index contributed by atoms with van der Waals surface area (Å²) in [6, 6.07) is -0.0295. The van der Waals surface area contributed by atoms with E-state index in [0.29, 0.717) is 32.2 Å². The number of amides is 2. The van der Waals surface area contributed by atoms with Gasteiger partial charge in [0.25, 0.3) is 0 Å². The van der Waals surface area contributed by atoms with Crippen molar-refractivity contribution in [3.05, 3.63) is 0 Å². The van der Waals surface area contributed by atoms with Gasteiger partial charge in [0.05, 0.1) is 0 Å². The minimum atomic E-state index is -1.03. The minimum Gasteiger partial charge on any atom is -0.479 e. The lowest BCUT2D eigenvalue weighted by atomic mass is 10.2. The molecule has 2 rings (SSSR count). The number of rotatable bonds is 4. The second kappa shape index (κ2) is 5.34. The molecule has 3 unspecified atom stereocenters. The first-order valence-corrected chi connectivity index (χ1v) is 6.01. The molecule has 0 radical (unpaired) electrons. The Morgan fingerprint density at radius 1 is 1.33 bits per heavy atom. The lowest BCUT2D eigenvalue weighted by Crippen LogP contribution is -2.42. The van der Waals surface area contributed by atoms with Gasteiger partial charge in [-0.05, 0) is 19.3 Å². The average Bonchev–Trinajstić information content (AvgIpc) is 2.94. The van der Waals surface area contributed by atoms with Crippen molar-refractivity contribution in [2.45, 2.75) is 43.9 Å². The maximum atomic E-state index is 11.7. The van der Waals surface area contributed by atoms with Gasteiger partial charge in [-0.1, -0.05) is 0 Å². The van der Waals surface area contributed by atoms with Crippen LogP contribution >= 0.6 is 0 Å². The van der Waals surface area contributed by atoms with Gasteiger partial charge in [0.15, 0.2) is 6.10 Å². The third-order valence-corrected chi connectivity index (χ3v) is 3.20. The molecule has 100 valence electrons. The number of carboxylic acid groups (broad SMARTS) is 1. The topological polar surface area (TPSA) is 105 Å². The van der Waals surface area contributed by atoms with Crippen molar-refractivity contribution < 1.29 is 24.2 Å². The van der Waals surface area contributed by atoms with E-state index in [1.165, 1.54) is 0 Å². The maximum absolute atomic E-state index is 11.7. The Labute approximate surface area is 104 Å². The molecule has 2 heterocycles. The Kier molecular flexibility index (Phi) is 3.81. The van der Waals surface area contributed by atoms with Gasteiger partial charge in [-0.2, -0.15) is 0 Å². The van der Waals surface area contributed by atoms with Crippen LogP contribution in [-0.2, 0) is 19.1 Å². The van der Waals surface area contributed by atoms with Crippen LogP contribution < -0.4 is 10.6 Å². The zero-order valence-electron chi connectivity index (χ0n) is 9.85. The standard InChI is InChI=1S/C11H16N2O5/c14-9-4-1-6(13-9)5-12-10(15)7-2-3-8(18-7)11(16)17/h6-8H,1-5H2,(H,12,15)(H,13,14)(H,16,17). The van der Waals surface area contributed by atoms with Gasteiger partial charge >= 0.3 is 5.97 Å². The molecule has 2 saturated heterocycles. The van der Waals surface area contributed by atoms with Crippen molar-refractivity contribution in [2.24, 2.45) is 0 Å². The van der Waals surface area contributed by atoms with Crippen LogP contribution in [0, 0.1) is 0 Å². The third kappa shape index (κ3) is 2.98. The summed E-state index contributed by atoms with van der Waals surface area (Å²) in [6.45, 7) is 0.363. The van der Waals surface area contributed by atoms with Crippen LogP contribution in [0.15, 0.2) is 0 Å². The van der Waals surface area contributed by atoms with Crippen LogP contribution in [0.2, 0.25) is 0 Å². The number of carbonyl (C=O) groups is 3. The zero-order chi connectivity index (χ0) is 13.1. The van der Waals surface area contributed by atoms with Crippen LogP contribution in [0.3, 0.4) is 0 Å². The summed E-state index contributed by atoms with van der Waals surface area (Å²) in [7, 11) is 0. The molecule has 2 amide bonds. The molecule has 3 N–H and O–H groups in total. The number of hydrogen-bond acceptors (Lipinski definition) is 4. The molecule has 7 nitrogen and oxygen atoms in total. The molecular formula is C11H16N2O5. The quantitative estimate of drug-likeness (QED) is 0.599. The van der Waals surface area contributed by atoms with Crippen molar-refractivity contribution >= 4 is 17.8 Å².